The molecular formula is C14H24O6. The zero-order chi connectivity index (χ0) is 15.0. The Bertz CT molecular complexity index is 324. The summed E-state index contributed by atoms with van der Waals surface area (Å²) in [6.07, 6.45) is 8.98. The summed E-state index contributed by atoms with van der Waals surface area (Å²) in [5.74, 6) is -5.65. The summed E-state index contributed by atoms with van der Waals surface area (Å²) in [6.45, 7) is 2.17. The Labute approximate surface area is 119 Å². The first-order valence-corrected chi connectivity index (χ1v) is 7.37. The fourth-order valence-electron chi connectivity index (χ4n) is 2.34. The minimum atomic E-state index is -1.95. The van der Waals surface area contributed by atoms with E-state index < -0.39 is 23.6 Å². The van der Waals surface area contributed by atoms with E-state index in [0.717, 1.165) is 19.3 Å². The topological polar surface area (TPSA) is 99.7 Å². The summed E-state index contributed by atoms with van der Waals surface area (Å²) in [6, 6.07) is 0. The van der Waals surface area contributed by atoms with E-state index in [4.69, 9.17) is 10.2 Å². The molecule has 2 N–H and O–H groups in total. The molecule has 0 aromatic heterocycles. The number of hydrogen-bond acceptors (Lipinski definition) is 4. The molecule has 0 spiro atoms. The third-order valence-electron chi connectivity index (χ3n) is 3.66. The summed E-state index contributed by atoms with van der Waals surface area (Å²) in [4.78, 5) is 30.9. The number of carboxylic acids is 2. The van der Waals surface area contributed by atoms with Crippen LogP contribution in [0, 0.1) is 5.92 Å². The first kappa shape index (κ1) is 16.9. The zero-order valence-electron chi connectivity index (χ0n) is 12.0. The maximum Gasteiger partial charge on any atom is 0.371 e. The average molecular weight is 288 g/mol. The molecule has 0 saturated carbocycles. The van der Waals surface area contributed by atoms with Crippen molar-refractivity contribution in [1.82, 2.24) is 0 Å². The molecule has 0 amide bonds. The summed E-state index contributed by atoms with van der Waals surface area (Å²) in [5, 5.41) is 18.0. The van der Waals surface area contributed by atoms with Crippen molar-refractivity contribution in [3.8, 4) is 0 Å². The fourth-order valence-corrected chi connectivity index (χ4v) is 2.34. The van der Waals surface area contributed by atoms with E-state index in [1.807, 2.05) is 0 Å². The summed E-state index contributed by atoms with van der Waals surface area (Å²) < 4.78 is 0. The van der Waals surface area contributed by atoms with E-state index in [-0.39, 0.29) is 6.42 Å². The predicted octanol–water partition coefficient (Wildman–Crippen LogP) is 2.96. The standard InChI is InChI=1S/C14H24O6/c1-2-3-4-5-6-7-8-9-10-11(12(15)16)14(13(17)18)19-20-14/h11H,2-10H2,1H3,(H,15,16)(H,17,18). The van der Waals surface area contributed by atoms with E-state index in [9.17, 15) is 9.59 Å². The van der Waals surface area contributed by atoms with Gasteiger partial charge in [0.15, 0.2) is 0 Å². The lowest BCUT2D eigenvalue weighted by Crippen LogP contribution is -2.38. The van der Waals surface area contributed by atoms with Crippen molar-refractivity contribution in [1.29, 1.82) is 0 Å². The van der Waals surface area contributed by atoms with Gasteiger partial charge in [0.2, 0.25) is 0 Å². The van der Waals surface area contributed by atoms with Crippen molar-refractivity contribution in [2.24, 2.45) is 5.92 Å². The van der Waals surface area contributed by atoms with Gasteiger partial charge in [-0.25, -0.2) is 4.79 Å². The fraction of sp³-hybridized carbons (Fsp3) is 0.857. The third kappa shape index (κ3) is 4.76. The van der Waals surface area contributed by atoms with Crippen LogP contribution < -0.4 is 0 Å². The van der Waals surface area contributed by atoms with Gasteiger partial charge in [-0.2, -0.15) is 9.78 Å². The molecule has 0 aromatic carbocycles. The summed E-state index contributed by atoms with van der Waals surface area (Å²) in [5.41, 5.74) is 0. The first-order valence-electron chi connectivity index (χ1n) is 7.37. The summed E-state index contributed by atoms with van der Waals surface area (Å²) >= 11 is 0. The zero-order valence-corrected chi connectivity index (χ0v) is 12.0. The van der Waals surface area contributed by atoms with E-state index >= 15 is 0 Å². The van der Waals surface area contributed by atoms with Gasteiger partial charge in [0.1, 0.15) is 5.92 Å². The number of carboxylic acid groups (broad SMARTS) is 2. The molecule has 0 radical (unpaired) electrons. The van der Waals surface area contributed by atoms with E-state index in [2.05, 4.69) is 16.7 Å². The highest BCUT2D eigenvalue weighted by atomic mass is 17.4. The van der Waals surface area contributed by atoms with Gasteiger partial charge in [0.25, 0.3) is 0 Å². The summed E-state index contributed by atoms with van der Waals surface area (Å²) in [7, 11) is 0. The molecule has 0 bridgehead atoms. The Morgan fingerprint density at radius 3 is 1.85 bits per heavy atom. The largest absolute Gasteiger partial charge is 0.481 e. The molecule has 1 fully saturated rings. The number of hydrogen-bond donors (Lipinski definition) is 2. The molecule has 0 aromatic rings. The van der Waals surface area contributed by atoms with Crippen molar-refractivity contribution in [2.45, 2.75) is 70.5 Å². The average Bonchev–Trinajstić information content (AvgIpc) is 3.18. The Morgan fingerprint density at radius 1 is 0.950 bits per heavy atom. The minimum Gasteiger partial charge on any atom is -0.481 e. The number of unbranched alkanes of at least 4 members (excludes halogenated alkanes) is 7. The monoisotopic (exact) mass is 288 g/mol. The SMILES string of the molecule is CCCCCCCCCCC(C(=O)O)C1(C(=O)O)OO1. The lowest BCUT2D eigenvalue weighted by atomic mass is 9.93. The smallest absolute Gasteiger partial charge is 0.371 e. The van der Waals surface area contributed by atoms with Crippen molar-refractivity contribution in [2.75, 3.05) is 0 Å². The molecule has 1 rings (SSSR count). The lowest BCUT2D eigenvalue weighted by molar-refractivity contribution is -0.157. The highest BCUT2D eigenvalue weighted by molar-refractivity contribution is 5.85. The molecule has 116 valence electrons. The predicted molar refractivity (Wildman–Crippen MR) is 70.9 cm³/mol. The quantitative estimate of drug-likeness (QED) is 0.325. The van der Waals surface area contributed by atoms with Crippen molar-refractivity contribution < 1.29 is 29.6 Å². The van der Waals surface area contributed by atoms with Crippen LogP contribution in [-0.4, -0.2) is 27.9 Å². The Balaban J connectivity index is 2.18. The van der Waals surface area contributed by atoms with Crippen LogP contribution in [0.3, 0.4) is 0 Å². The van der Waals surface area contributed by atoms with Gasteiger partial charge in [0, 0.05) is 0 Å². The minimum absolute atomic E-state index is 0.261. The molecular weight excluding hydrogens is 264 g/mol. The molecule has 1 heterocycles. The highest BCUT2D eigenvalue weighted by Crippen LogP contribution is 2.40. The van der Waals surface area contributed by atoms with Gasteiger partial charge in [-0.1, -0.05) is 58.3 Å². The van der Waals surface area contributed by atoms with Gasteiger partial charge in [-0.3, -0.25) is 4.79 Å². The van der Waals surface area contributed by atoms with Gasteiger partial charge in [-0.05, 0) is 6.42 Å². The second kappa shape index (κ2) is 8.21. The van der Waals surface area contributed by atoms with Crippen molar-refractivity contribution >= 4 is 11.9 Å². The lowest BCUT2D eigenvalue weighted by Gasteiger charge is -2.12. The molecule has 6 nitrogen and oxygen atoms in total. The first-order chi connectivity index (χ1) is 9.54. The van der Waals surface area contributed by atoms with Crippen molar-refractivity contribution in [3.05, 3.63) is 0 Å². The van der Waals surface area contributed by atoms with Crippen LogP contribution in [0.4, 0.5) is 0 Å². The molecule has 1 aliphatic heterocycles. The Morgan fingerprint density at radius 2 is 1.45 bits per heavy atom. The highest BCUT2D eigenvalue weighted by Gasteiger charge is 2.65. The van der Waals surface area contributed by atoms with Crippen LogP contribution in [-0.2, 0) is 19.4 Å². The molecule has 6 heteroatoms. The number of aliphatic carboxylic acids is 2. The van der Waals surface area contributed by atoms with Crippen LogP contribution in [0.25, 0.3) is 0 Å². The van der Waals surface area contributed by atoms with Crippen LogP contribution in [0.5, 0.6) is 0 Å². The molecule has 0 aliphatic carbocycles. The van der Waals surface area contributed by atoms with Crippen LogP contribution in [0.2, 0.25) is 0 Å². The van der Waals surface area contributed by atoms with Crippen LogP contribution in [0.15, 0.2) is 0 Å². The maximum absolute atomic E-state index is 11.1. The Hall–Kier alpha value is -1.14. The van der Waals surface area contributed by atoms with E-state index in [1.165, 1.54) is 25.7 Å². The Kier molecular flexibility index (Phi) is 6.95. The second-order valence-corrected chi connectivity index (χ2v) is 5.29. The molecule has 1 saturated heterocycles. The van der Waals surface area contributed by atoms with E-state index in [1.54, 1.807) is 0 Å². The maximum atomic E-state index is 11.1. The van der Waals surface area contributed by atoms with Crippen LogP contribution in [0.1, 0.15) is 64.7 Å². The van der Waals surface area contributed by atoms with Crippen LogP contribution >= 0.6 is 0 Å². The van der Waals surface area contributed by atoms with Crippen molar-refractivity contribution in [3.63, 3.8) is 0 Å². The van der Waals surface area contributed by atoms with Gasteiger partial charge < -0.3 is 10.2 Å². The normalized spacial score (nSPS) is 17.6. The molecule has 1 atom stereocenters. The third-order valence-corrected chi connectivity index (χ3v) is 3.66. The second-order valence-electron chi connectivity index (χ2n) is 5.29. The molecule has 1 unspecified atom stereocenters. The van der Waals surface area contributed by atoms with Gasteiger partial charge >= 0.3 is 17.7 Å². The molecule has 20 heavy (non-hydrogen) atoms. The molecule has 1 aliphatic rings. The number of rotatable bonds is 12. The van der Waals surface area contributed by atoms with E-state index in [0.29, 0.717) is 6.42 Å². The van der Waals surface area contributed by atoms with Gasteiger partial charge in [0.05, 0.1) is 0 Å². The number of carbonyl (C=O) groups is 2. The van der Waals surface area contributed by atoms with Gasteiger partial charge in [-0.15, -0.1) is 0 Å².